The van der Waals surface area contributed by atoms with Crippen LogP contribution in [0.5, 0.6) is 0 Å². The van der Waals surface area contributed by atoms with Crippen molar-refractivity contribution in [3.8, 4) is 0 Å². The van der Waals surface area contributed by atoms with Crippen molar-refractivity contribution in [2.75, 3.05) is 4.90 Å². The normalized spacial score (nSPS) is 20.2. The predicted octanol–water partition coefficient (Wildman–Crippen LogP) is 5.01. The Morgan fingerprint density at radius 1 is 1.05 bits per heavy atom. The van der Waals surface area contributed by atoms with Gasteiger partial charge in [-0.2, -0.15) is 0 Å². The van der Waals surface area contributed by atoms with Crippen molar-refractivity contribution in [3.63, 3.8) is 0 Å². The second-order valence-corrected chi connectivity index (χ2v) is 6.56. The van der Waals surface area contributed by atoms with Gasteiger partial charge in [-0.05, 0) is 49.9 Å². The average Bonchev–Trinajstić information content (AvgIpc) is 2.52. The smallest absolute Gasteiger partial charge is 0.108 e. The first-order chi connectivity index (χ1) is 10.7. The maximum atomic E-state index is 4.97. The maximum absolute atomic E-state index is 4.97. The summed E-state index contributed by atoms with van der Waals surface area (Å²) in [6, 6.07) is 16.0. The lowest BCUT2D eigenvalue weighted by Gasteiger charge is -2.36. The summed E-state index contributed by atoms with van der Waals surface area (Å²) in [4.78, 5) is 7.37. The minimum Gasteiger partial charge on any atom is -0.298 e. The van der Waals surface area contributed by atoms with E-state index in [1.54, 1.807) is 0 Å². The van der Waals surface area contributed by atoms with Crippen LogP contribution in [0.15, 0.2) is 47.5 Å². The molecule has 1 atom stereocenters. The fraction of sp³-hybridized carbons (Fsp3) is 0.350. The molecule has 0 N–H and O–H groups in total. The van der Waals surface area contributed by atoms with Gasteiger partial charge in [-0.15, -0.1) is 0 Å². The molecule has 0 saturated carbocycles. The quantitative estimate of drug-likeness (QED) is 0.666. The Morgan fingerprint density at radius 2 is 1.86 bits per heavy atom. The molecule has 0 aliphatic carbocycles. The van der Waals surface area contributed by atoms with Gasteiger partial charge in [0.05, 0.1) is 11.4 Å². The van der Waals surface area contributed by atoms with Crippen molar-refractivity contribution in [3.05, 3.63) is 59.2 Å². The molecule has 0 spiro atoms. The molecule has 0 fully saturated rings. The van der Waals surface area contributed by atoms with Crippen LogP contribution in [0.3, 0.4) is 0 Å². The van der Waals surface area contributed by atoms with Gasteiger partial charge in [-0.25, -0.2) is 0 Å². The van der Waals surface area contributed by atoms with E-state index in [4.69, 9.17) is 4.99 Å². The Bertz CT molecular complexity index is 745. The van der Waals surface area contributed by atoms with Crippen molar-refractivity contribution in [2.24, 2.45) is 4.99 Å². The first kappa shape index (κ1) is 13.6. The molecule has 1 unspecified atom stereocenters. The number of aryl methyl sites for hydroxylation is 1. The summed E-state index contributed by atoms with van der Waals surface area (Å²) in [7, 11) is 0. The molecule has 2 heterocycles. The Balaban J connectivity index is 1.90. The van der Waals surface area contributed by atoms with Crippen LogP contribution in [0.1, 0.15) is 42.9 Å². The molecule has 2 aromatic carbocycles. The van der Waals surface area contributed by atoms with E-state index in [0.717, 1.165) is 12.8 Å². The third-order valence-corrected chi connectivity index (χ3v) is 4.74. The molecule has 2 aliphatic heterocycles. The monoisotopic (exact) mass is 290 g/mol. The first-order valence-electron chi connectivity index (χ1n) is 8.26. The number of nitrogens with zero attached hydrogens (tertiary/aromatic N) is 2. The number of rotatable bonds is 0. The first-order valence-corrected chi connectivity index (χ1v) is 8.26. The predicted molar refractivity (Wildman–Crippen MR) is 93.3 cm³/mol. The van der Waals surface area contributed by atoms with E-state index in [1.165, 1.54) is 46.7 Å². The molecular weight excluding hydrogens is 268 g/mol. The Labute approximate surface area is 132 Å². The number of anilines is 2. The zero-order valence-electron chi connectivity index (χ0n) is 13.3. The molecule has 4 rings (SSSR count). The van der Waals surface area contributed by atoms with Crippen molar-refractivity contribution in [2.45, 2.75) is 45.6 Å². The molecule has 22 heavy (non-hydrogen) atoms. The Kier molecular flexibility index (Phi) is 3.25. The van der Waals surface area contributed by atoms with Crippen LogP contribution in [0.2, 0.25) is 0 Å². The van der Waals surface area contributed by atoms with Gasteiger partial charge in [-0.1, -0.05) is 35.9 Å². The van der Waals surface area contributed by atoms with Crippen molar-refractivity contribution < 1.29 is 0 Å². The second-order valence-electron chi connectivity index (χ2n) is 6.56. The van der Waals surface area contributed by atoms with Crippen molar-refractivity contribution in [1.29, 1.82) is 0 Å². The highest BCUT2D eigenvalue weighted by Gasteiger charge is 2.27. The molecule has 0 radical (unpaired) electrons. The summed E-state index contributed by atoms with van der Waals surface area (Å²) in [6.07, 6.45) is 4.54. The van der Waals surface area contributed by atoms with Gasteiger partial charge in [0.25, 0.3) is 0 Å². The third kappa shape index (κ3) is 2.23. The lowest BCUT2D eigenvalue weighted by Crippen LogP contribution is -2.33. The summed E-state index contributed by atoms with van der Waals surface area (Å²) in [5.41, 5.74) is 6.78. The molecule has 2 nitrogen and oxygen atoms in total. The fourth-order valence-electron chi connectivity index (χ4n) is 3.67. The highest BCUT2D eigenvalue weighted by molar-refractivity contribution is 6.06. The fourth-order valence-corrected chi connectivity index (χ4v) is 3.67. The lowest BCUT2D eigenvalue weighted by atomic mass is 9.93. The molecule has 2 aliphatic rings. The largest absolute Gasteiger partial charge is 0.298 e. The summed E-state index contributed by atoms with van der Waals surface area (Å²) in [5, 5.41) is 0. The van der Waals surface area contributed by atoms with Crippen LogP contribution >= 0.6 is 0 Å². The van der Waals surface area contributed by atoms with Gasteiger partial charge in [0, 0.05) is 18.9 Å². The number of para-hydroxylation sites is 1. The molecule has 0 aromatic heterocycles. The van der Waals surface area contributed by atoms with Gasteiger partial charge in [0.2, 0.25) is 0 Å². The molecule has 0 bridgehead atoms. The van der Waals surface area contributed by atoms with Crippen molar-refractivity contribution >= 4 is 17.2 Å². The van der Waals surface area contributed by atoms with Crippen molar-refractivity contribution in [1.82, 2.24) is 0 Å². The van der Waals surface area contributed by atoms with Crippen LogP contribution < -0.4 is 4.90 Å². The van der Waals surface area contributed by atoms with Crippen LogP contribution in [0, 0.1) is 6.92 Å². The molecule has 0 amide bonds. The zero-order valence-corrected chi connectivity index (χ0v) is 13.3. The van der Waals surface area contributed by atoms with E-state index in [2.05, 4.69) is 61.2 Å². The minimum atomic E-state index is 0.437. The molecule has 0 saturated heterocycles. The molecule has 2 aromatic rings. The van der Waals surface area contributed by atoms with Gasteiger partial charge >= 0.3 is 0 Å². The minimum absolute atomic E-state index is 0.437. The molecule has 112 valence electrons. The van der Waals surface area contributed by atoms with Crippen LogP contribution in [0.25, 0.3) is 0 Å². The SMILES string of the molecule is Cc1ccc2c(c1)Cc1ccccc1N2C1=NC(C)CCC1. The van der Waals surface area contributed by atoms with Gasteiger partial charge < -0.3 is 0 Å². The van der Waals surface area contributed by atoms with E-state index in [-0.39, 0.29) is 0 Å². The highest BCUT2D eigenvalue weighted by atomic mass is 15.2. The number of amidine groups is 1. The highest BCUT2D eigenvalue weighted by Crippen LogP contribution is 2.40. The number of benzene rings is 2. The summed E-state index contributed by atoms with van der Waals surface area (Å²) in [6.45, 7) is 4.40. The van der Waals surface area contributed by atoms with E-state index < -0.39 is 0 Å². The second kappa shape index (κ2) is 5.28. The van der Waals surface area contributed by atoms with E-state index in [0.29, 0.717) is 6.04 Å². The van der Waals surface area contributed by atoms with Crippen LogP contribution in [0.4, 0.5) is 11.4 Å². The van der Waals surface area contributed by atoms with Crippen LogP contribution in [-0.4, -0.2) is 11.9 Å². The number of hydrogen-bond acceptors (Lipinski definition) is 2. The van der Waals surface area contributed by atoms with Crippen LogP contribution in [-0.2, 0) is 6.42 Å². The van der Waals surface area contributed by atoms with Gasteiger partial charge in [0.1, 0.15) is 5.84 Å². The van der Waals surface area contributed by atoms with E-state index in [1.807, 2.05) is 0 Å². The third-order valence-electron chi connectivity index (χ3n) is 4.74. The number of hydrogen-bond donors (Lipinski definition) is 0. The maximum Gasteiger partial charge on any atom is 0.108 e. The lowest BCUT2D eigenvalue weighted by molar-refractivity contribution is 0.605. The van der Waals surface area contributed by atoms with Gasteiger partial charge in [0.15, 0.2) is 0 Å². The molecular formula is C20H22N2. The Morgan fingerprint density at radius 3 is 2.73 bits per heavy atom. The van der Waals surface area contributed by atoms with E-state index >= 15 is 0 Å². The Hall–Kier alpha value is -2.09. The summed E-state index contributed by atoms with van der Waals surface area (Å²) < 4.78 is 0. The zero-order chi connectivity index (χ0) is 15.1. The van der Waals surface area contributed by atoms with Gasteiger partial charge in [-0.3, -0.25) is 9.89 Å². The summed E-state index contributed by atoms with van der Waals surface area (Å²) >= 11 is 0. The number of aliphatic imine (C=N–C) groups is 1. The van der Waals surface area contributed by atoms with E-state index in [9.17, 15) is 0 Å². The summed E-state index contributed by atoms with van der Waals surface area (Å²) in [5.74, 6) is 1.23. The number of fused-ring (bicyclic) bond motifs is 2. The average molecular weight is 290 g/mol. The topological polar surface area (TPSA) is 15.6 Å². The standard InChI is InChI=1S/C20H22N2/c1-14-10-11-19-17(12-14)13-16-7-3-4-8-18(16)22(19)20-9-5-6-15(2)21-20/h3-4,7-8,10-12,15H,5-6,9,13H2,1-2H3. The molecule has 2 heteroatoms.